The Morgan fingerprint density at radius 3 is 2.58 bits per heavy atom. The third-order valence-corrected chi connectivity index (χ3v) is 1.33. The standard InChI is InChI=1S/C6H8F3N3/c7-6(8,9)2-1-4-3-11-5(10)12-4/h3H,1-2H2,(H3,10,11,12). The van der Waals surface area contributed by atoms with Crippen LogP contribution in [0.15, 0.2) is 6.20 Å². The van der Waals surface area contributed by atoms with Crippen LogP contribution in [0.25, 0.3) is 0 Å². The molecule has 0 saturated carbocycles. The summed E-state index contributed by atoms with van der Waals surface area (Å²) in [5.41, 5.74) is 5.58. The van der Waals surface area contributed by atoms with E-state index < -0.39 is 12.6 Å². The highest BCUT2D eigenvalue weighted by molar-refractivity contribution is 5.18. The average Bonchev–Trinajstić information content (AvgIpc) is 2.30. The zero-order chi connectivity index (χ0) is 9.19. The van der Waals surface area contributed by atoms with Crippen molar-refractivity contribution in [2.45, 2.75) is 19.0 Å². The predicted molar refractivity (Wildman–Crippen MR) is 37.4 cm³/mol. The molecule has 0 fully saturated rings. The summed E-state index contributed by atoms with van der Waals surface area (Å²) in [7, 11) is 0. The van der Waals surface area contributed by atoms with Gasteiger partial charge in [0.25, 0.3) is 0 Å². The number of imidazole rings is 1. The van der Waals surface area contributed by atoms with Crippen molar-refractivity contribution in [1.29, 1.82) is 0 Å². The number of nitrogens with two attached hydrogens (primary N) is 1. The number of hydrogen-bond donors (Lipinski definition) is 2. The lowest BCUT2D eigenvalue weighted by Gasteiger charge is -2.03. The molecule has 0 atom stereocenters. The molecule has 3 nitrogen and oxygen atoms in total. The zero-order valence-corrected chi connectivity index (χ0v) is 6.15. The molecule has 1 aromatic rings. The van der Waals surface area contributed by atoms with Gasteiger partial charge in [0.15, 0.2) is 5.95 Å². The Morgan fingerprint density at radius 2 is 2.17 bits per heavy atom. The van der Waals surface area contributed by atoms with Crippen LogP contribution in [0, 0.1) is 0 Å². The third kappa shape index (κ3) is 2.81. The van der Waals surface area contributed by atoms with E-state index >= 15 is 0 Å². The summed E-state index contributed by atoms with van der Waals surface area (Å²) in [5.74, 6) is 0.146. The zero-order valence-electron chi connectivity index (χ0n) is 6.15. The van der Waals surface area contributed by atoms with Crippen LogP contribution in [0.4, 0.5) is 19.1 Å². The highest BCUT2D eigenvalue weighted by atomic mass is 19.4. The van der Waals surface area contributed by atoms with Gasteiger partial charge in [-0.1, -0.05) is 0 Å². The van der Waals surface area contributed by atoms with Gasteiger partial charge in [-0.25, -0.2) is 4.98 Å². The van der Waals surface area contributed by atoms with Gasteiger partial charge in [-0.05, 0) is 6.42 Å². The number of rotatable bonds is 2. The first-order chi connectivity index (χ1) is 5.47. The van der Waals surface area contributed by atoms with Crippen molar-refractivity contribution in [2.75, 3.05) is 5.73 Å². The van der Waals surface area contributed by atoms with Crippen LogP contribution in [0.2, 0.25) is 0 Å². The number of aryl methyl sites for hydroxylation is 1. The smallest absolute Gasteiger partial charge is 0.369 e. The molecule has 0 amide bonds. The van der Waals surface area contributed by atoms with E-state index in [1.807, 2.05) is 0 Å². The van der Waals surface area contributed by atoms with Crippen LogP contribution < -0.4 is 5.73 Å². The lowest BCUT2D eigenvalue weighted by molar-refractivity contribution is -0.134. The van der Waals surface area contributed by atoms with Gasteiger partial charge in [0.1, 0.15) is 0 Å². The van der Waals surface area contributed by atoms with E-state index in [2.05, 4.69) is 9.97 Å². The van der Waals surface area contributed by atoms with Gasteiger partial charge in [-0.15, -0.1) is 0 Å². The molecular formula is C6H8F3N3. The highest BCUT2D eigenvalue weighted by Gasteiger charge is 2.26. The molecule has 1 aromatic heterocycles. The van der Waals surface area contributed by atoms with E-state index in [9.17, 15) is 13.2 Å². The minimum atomic E-state index is -4.13. The first-order valence-electron chi connectivity index (χ1n) is 3.33. The Kier molecular flexibility index (Phi) is 2.25. The topological polar surface area (TPSA) is 54.7 Å². The average molecular weight is 179 g/mol. The summed E-state index contributed by atoms with van der Waals surface area (Å²) in [6.07, 6.45) is -3.77. The number of nitrogens with one attached hydrogen (secondary N) is 1. The molecule has 0 aliphatic carbocycles. The van der Waals surface area contributed by atoms with Gasteiger partial charge >= 0.3 is 6.18 Å². The molecule has 0 bridgehead atoms. The number of anilines is 1. The van der Waals surface area contributed by atoms with E-state index in [-0.39, 0.29) is 12.4 Å². The summed E-state index contributed by atoms with van der Waals surface area (Å²) in [6, 6.07) is 0. The van der Waals surface area contributed by atoms with Gasteiger partial charge in [0.05, 0.1) is 6.20 Å². The lowest BCUT2D eigenvalue weighted by Crippen LogP contribution is -2.08. The second-order valence-corrected chi connectivity index (χ2v) is 2.41. The summed E-state index contributed by atoms with van der Waals surface area (Å²) >= 11 is 0. The maximum atomic E-state index is 11.7. The van der Waals surface area contributed by atoms with Crippen molar-refractivity contribution >= 4 is 5.95 Å². The summed E-state index contributed by atoms with van der Waals surface area (Å²) in [4.78, 5) is 6.09. The van der Waals surface area contributed by atoms with Crippen molar-refractivity contribution in [2.24, 2.45) is 0 Å². The Labute approximate surface area is 66.8 Å². The van der Waals surface area contributed by atoms with E-state index in [4.69, 9.17) is 5.73 Å². The number of alkyl halides is 3. The Hall–Kier alpha value is -1.20. The minimum absolute atomic E-state index is 0.103. The second kappa shape index (κ2) is 3.04. The molecule has 0 aliphatic heterocycles. The van der Waals surface area contributed by atoms with E-state index in [0.29, 0.717) is 5.69 Å². The summed E-state index contributed by atoms with van der Waals surface area (Å²) in [5, 5.41) is 0. The molecule has 0 unspecified atom stereocenters. The van der Waals surface area contributed by atoms with Crippen molar-refractivity contribution in [1.82, 2.24) is 9.97 Å². The van der Waals surface area contributed by atoms with Gasteiger partial charge in [0, 0.05) is 12.1 Å². The first-order valence-corrected chi connectivity index (χ1v) is 3.33. The fourth-order valence-corrected chi connectivity index (χ4v) is 0.780. The minimum Gasteiger partial charge on any atom is -0.369 e. The van der Waals surface area contributed by atoms with Gasteiger partial charge in [0.2, 0.25) is 0 Å². The molecule has 0 spiro atoms. The molecular weight excluding hydrogens is 171 g/mol. The monoisotopic (exact) mass is 179 g/mol. The highest BCUT2D eigenvalue weighted by Crippen LogP contribution is 2.21. The number of nitrogens with zero attached hydrogens (tertiary/aromatic N) is 1. The van der Waals surface area contributed by atoms with Gasteiger partial charge in [-0.3, -0.25) is 0 Å². The normalized spacial score (nSPS) is 11.9. The lowest BCUT2D eigenvalue weighted by atomic mass is 10.2. The Balaban J connectivity index is 2.44. The van der Waals surface area contributed by atoms with E-state index in [0.717, 1.165) is 0 Å². The number of halogens is 3. The molecule has 1 rings (SSSR count). The van der Waals surface area contributed by atoms with Crippen molar-refractivity contribution < 1.29 is 13.2 Å². The number of nitrogen functional groups attached to an aromatic ring is 1. The van der Waals surface area contributed by atoms with Gasteiger partial charge in [-0.2, -0.15) is 13.2 Å². The quantitative estimate of drug-likeness (QED) is 0.722. The van der Waals surface area contributed by atoms with Gasteiger partial charge < -0.3 is 10.7 Å². The van der Waals surface area contributed by atoms with Crippen molar-refractivity contribution in [3.8, 4) is 0 Å². The fourth-order valence-electron chi connectivity index (χ4n) is 0.780. The molecule has 68 valence electrons. The second-order valence-electron chi connectivity index (χ2n) is 2.41. The van der Waals surface area contributed by atoms with Crippen LogP contribution in [0.5, 0.6) is 0 Å². The van der Waals surface area contributed by atoms with Crippen LogP contribution >= 0.6 is 0 Å². The predicted octanol–water partition coefficient (Wildman–Crippen LogP) is 1.49. The number of hydrogen-bond acceptors (Lipinski definition) is 2. The molecule has 6 heteroatoms. The first kappa shape index (κ1) is 8.89. The largest absolute Gasteiger partial charge is 0.389 e. The number of H-pyrrole nitrogens is 1. The number of aromatic nitrogens is 2. The van der Waals surface area contributed by atoms with Crippen molar-refractivity contribution in [3.05, 3.63) is 11.9 Å². The maximum absolute atomic E-state index is 11.7. The van der Waals surface area contributed by atoms with Crippen LogP contribution in [0.3, 0.4) is 0 Å². The molecule has 1 heterocycles. The molecule has 0 aromatic carbocycles. The van der Waals surface area contributed by atoms with Crippen molar-refractivity contribution in [3.63, 3.8) is 0 Å². The maximum Gasteiger partial charge on any atom is 0.389 e. The molecule has 3 N–H and O–H groups in total. The summed E-state index contributed by atoms with van der Waals surface area (Å²) < 4.78 is 35.0. The Morgan fingerprint density at radius 1 is 1.50 bits per heavy atom. The fraction of sp³-hybridized carbons (Fsp3) is 0.500. The molecule has 0 saturated heterocycles. The van der Waals surface area contributed by atoms with Crippen LogP contribution in [-0.2, 0) is 6.42 Å². The molecule has 12 heavy (non-hydrogen) atoms. The van der Waals surface area contributed by atoms with E-state index in [1.165, 1.54) is 6.20 Å². The van der Waals surface area contributed by atoms with E-state index in [1.54, 1.807) is 0 Å². The van der Waals surface area contributed by atoms with Crippen LogP contribution in [0.1, 0.15) is 12.1 Å². The summed E-state index contributed by atoms with van der Waals surface area (Å²) in [6.45, 7) is 0. The number of aromatic amines is 1. The molecule has 0 radical (unpaired) electrons. The van der Waals surface area contributed by atoms with Crippen LogP contribution in [-0.4, -0.2) is 16.1 Å². The molecule has 0 aliphatic rings. The Bertz CT molecular complexity index is 253. The SMILES string of the molecule is Nc1ncc(CCC(F)(F)F)[nH]1. The third-order valence-electron chi connectivity index (χ3n) is 1.33.